The highest BCUT2D eigenvalue weighted by atomic mass is 16.2. The highest BCUT2D eigenvalue weighted by Crippen LogP contribution is 2.21. The molecule has 4 rings (SSSR count). The predicted molar refractivity (Wildman–Crippen MR) is 124 cm³/mol. The lowest BCUT2D eigenvalue weighted by molar-refractivity contribution is -0.140. The normalized spacial score (nSPS) is 17.6. The number of rotatable bonds is 4. The Balaban J connectivity index is 1.23. The van der Waals surface area contributed by atoms with E-state index in [1.54, 1.807) is 6.08 Å². The molecule has 6 heteroatoms. The quantitative estimate of drug-likeness (QED) is 0.700. The van der Waals surface area contributed by atoms with Crippen LogP contribution in [0.1, 0.15) is 28.8 Å². The summed E-state index contributed by atoms with van der Waals surface area (Å²) in [5.74, 6) is 0.123. The fourth-order valence-electron chi connectivity index (χ4n) is 4.34. The fraction of sp³-hybridized carbons (Fsp3) is 0.346. The topological polar surface area (TPSA) is 60.9 Å². The van der Waals surface area contributed by atoms with Crippen molar-refractivity contribution >= 4 is 23.8 Å². The number of hydrogen-bond acceptors (Lipinski definition) is 3. The van der Waals surface area contributed by atoms with Gasteiger partial charge in [-0.05, 0) is 36.6 Å². The lowest BCUT2D eigenvalue weighted by Crippen LogP contribution is -2.53. The molecule has 6 nitrogen and oxygen atoms in total. The monoisotopic (exact) mass is 431 g/mol. The van der Waals surface area contributed by atoms with E-state index < -0.39 is 0 Å². The molecule has 0 aliphatic carbocycles. The van der Waals surface area contributed by atoms with Crippen LogP contribution in [-0.4, -0.2) is 71.7 Å². The van der Waals surface area contributed by atoms with Crippen LogP contribution in [-0.2, 0) is 9.59 Å². The molecule has 0 saturated carbocycles. The molecular formula is C26H29N3O3. The van der Waals surface area contributed by atoms with Crippen molar-refractivity contribution < 1.29 is 14.4 Å². The van der Waals surface area contributed by atoms with Crippen molar-refractivity contribution in [3.05, 3.63) is 77.9 Å². The third-order valence-electron chi connectivity index (χ3n) is 6.27. The van der Waals surface area contributed by atoms with E-state index in [2.05, 4.69) is 0 Å². The van der Waals surface area contributed by atoms with Crippen molar-refractivity contribution in [1.82, 2.24) is 14.7 Å². The van der Waals surface area contributed by atoms with Crippen molar-refractivity contribution in [2.75, 3.05) is 39.3 Å². The summed E-state index contributed by atoms with van der Waals surface area (Å²) in [6.07, 6.45) is 4.82. The molecule has 2 aliphatic rings. The average molecular weight is 432 g/mol. The van der Waals surface area contributed by atoms with Crippen LogP contribution in [0.25, 0.3) is 6.08 Å². The Bertz CT molecular complexity index is 958. The molecule has 0 spiro atoms. The molecule has 0 atom stereocenters. The molecule has 0 bridgehead atoms. The molecule has 2 aliphatic heterocycles. The van der Waals surface area contributed by atoms with E-state index in [0.717, 1.165) is 5.56 Å². The van der Waals surface area contributed by atoms with Gasteiger partial charge in [-0.25, -0.2) is 0 Å². The summed E-state index contributed by atoms with van der Waals surface area (Å²) in [5.41, 5.74) is 1.68. The number of piperidine rings is 1. The Morgan fingerprint density at radius 1 is 0.688 bits per heavy atom. The first-order chi connectivity index (χ1) is 15.6. The zero-order valence-corrected chi connectivity index (χ0v) is 18.2. The van der Waals surface area contributed by atoms with Gasteiger partial charge in [-0.2, -0.15) is 0 Å². The maximum absolute atomic E-state index is 13.0. The van der Waals surface area contributed by atoms with Gasteiger partial charge in [0, 0.05) is 56.8 Å². The second kappa shape index (κ2) is 10.3. The van der Waals surface area contributed by atoms with E-state index in [-0.39, 0.29) is 23.6 Å². The lowest BCUT2D eigenvalue weighted by atomic mass is 9.94. The first-order valence-electron chi connectivity index (χ1n) is 11.3. The van der Waals surface area contributed by atoms with Crippen molar-refractivity contribution in [2.24, 2.45) is 5.92 Å². The third-order valence-corrected chi connectivity index (χ3v) is 6.27. The summed E-state index contributed by atoms with van der Waals surface area (Å²) in [6.45, 7) is 3.44. The minimum Gasteiger partial charge on any atom is -0.339 e. The van der Waals surface area contributed by atoms with Crippen LogP contribution < -0.4 is 0 Å². The van der Waals surface area contributed by atoms with Crippen LogP contribution in [0.4, 0.5) is 0 Å². The molecule has 2 aromatic carbocycles. The molecule has 2 aromatic rings. The Morgan fingerprint density at radius 3 is 1.88 bits per heavy atom. The highest BCUT2D eigenvalue weighted by molar-refractivity contribution is 5.94. The van der Waals surface area contributed by atoms with Crippen LogP contribution in [0.5, 0.6) is 0 Å². The second-order valence-electron chi connectivity index (χ2n) is 8.33. The summed E-state index contributed by atoms with van der Waals surface area (Å²) in [5, 5.41) is 0. The van der Waals surface area contributed by atoms with Crippen LogP contribution in [0.15, 0.2) is 66.7 Å². The summed E-state index contributed by atoms with van der Waals surface area (Å²) in [7, 11) is 0. The molecule has 0 aromatic heterocycles. The third kappa shape index (κ3) is 5.25. The number of carbonyl (C=O) groups is 3. The average Bonchev–Trinajstić information content (AvgIpc) is 2.88. The Hall–Kier alpha value is -3.41. The molecule has 0 N–H and O–H groups in total. The second-order valence-corrected chi connectivity index (χ2v) is 8.33. The molecule has 3 amide bonds. The molecule has 0 radical (unpaired) electrons. The number of carbonyl (C=O) groups excluding carboxylic acids is 3. The van der Waals surface area contributed by atoms with Gasteiger partial charge in [0.2, 0.25) is 11.8 Å². The minimum atomic E-state index is -0.0477. The Morgan fingerprint density at radius 2 is 1.25 bits per heavy atom. The van der Waals surface area contributed by atoms with Crippen molar-refractivity contribution in [1.29, 1.82) is 0 Å². The van der Waals surface area contributed by atoms with E-state index in [4.69, 9.17) is 0 Å². The maximum Gasteiger partial charge on any atom is 0.253 e. The summed E-state index contributed by atoms with van der Waals surface area (Å²) >= 11 is 0. The van der Waals surface area contributed by atoms with Gasteiger partial charge in [-0.15, -0.1) is 0 Å². The lowest BCUT2D eigenvalue weighted by Gasteiger charge is -2.38. The van der Waals surface area contributed by atoms with E-state index in [0.29, 0.717) is 57.7 Å². The summed E-state index contributed by atoms with van der Waals surface area (Å²) in [6, 6.07) is 19.0. The summed E-state index contributed by atoms with van der Waals surface area (Å²) < 4.78 is 0. The number of amides is 3. The Labute approximate surface area is 189 Å². The SMILES string of the molecule is O=C(C=Cc1ccccc1)N1CCC(C(=O)N2CCN(C(=O)c3ccccc3)CC2)CC1. The molecule has 32 heavy (non-hydrogen) atoms. The number of nitrogens with zero attached hydrogens (tertiary/aromatic N) is 3. The predicted octanol–water partition coefficient (Wildman–Crippen LogP) is 2.92. The van der Waals surface area contributed by atoms with Gasteiger partial charge in [-0.3, -0.25) is 14.4 Å². The minimum absolute atomic E-state index is 0.00668. The Kier molecular flexibility index (Phi) is 7.00. The van der Waals surface area contributed by atoms with E-state index in [1.165, 1.54) is 0 Å². The molecular weight excluding hydrogens is 402 g/mol. The van der Waals surface area contributed by atoms with Gasteiger partial charge in [-0.1, -0.05) is 48.5 Å². The molecule has 0 unspecified atom stereocenters. The maximum atomic E-state index is 13.0. The zero-order valence-electron chi connectivity index (χ0n) is 18.2. The number of benzene rings is 2. The van der Waals surface area contributed by atoms with Gasteiger partial charge in [0.15, 0.2) is 0 Å². The standard InChI is InChI=1S/C26H29N3O3/c30-24(12-11-21-7-3-1-4-8-21)27-15-13-23(14-16-27)26(32)29-19-17-28(18-20-29)25(31)22-9-5-2-6-10-22/h1-12,23H,13-20H2. The van der Waals surface area contributed by atoms with Gasteiger partial charge in [0.05, 0.1) is 0 Å². The van der Waals surface area contributed by atoms with Crippen molar-refractivity contribution in [3.63, 3.8) is 0 Å². The molecule has 2 saturated heterocycles. The largest absolute Gasteiger partial charge is 0.339 e. The first kappa shape index (κ1) is 21.8. The van der Waals surface area contributed by atoms with Crippen LogP contribution in [0.2, 0.25) is 0 Å². The van der Waals surface area contributed by atoms with E-state index in [9.17, 15) is 14.4 Å². The number of hydrogen-bond donors (Lipinski definition) is 0. The van der Waals surface area contributed by atoms with Crippen LogP contribution in [0.3, 0.4) is 0 Å². The zero-order chi connectivity index (χ0) is 22.3. The highest BCUT2D eigenvalue weighted by Gasteiger charge is 2.32. The van der Waals surface area contributed by atoms with Gasteiger partial charge in [0.1, 0.15) is 0 Å². The smallest absolute Gasteiger partial charge is 0.253 e. The van der Waals surface area contributed by atoms with Crippen molar-refractivity contribution in [2.45, 2.75) is 12.8 Å². The van der Waals surface area contributed by atoms with Crippen LogP contribution >= 0.6 is 0 Å². The summed E-state index contributed by atoms with van der Waals surface area (Å²) in [4.78, 5) is 43.6. The number of piperazine rings is 1. The van der Waals surface area contributed by atoms with Gasteiger partial charge < -0.3 is 14.7 Å². The molecule has 2 fully saturated rings. The number of likely N-dealkylation sites (tertiary alicyclic amines) is 1. The molecule has 166 valence electrons. The van der Waals surface area contributed by atoms with Gasteiger partial charge in [0.25, 0.3) is 5.91 Å². The van der Waals surface area contributed by atoms with Gasteiger partial charge >= 0.3 is 0 Å². The first-order valence-corrected chi connectivity index (χ1v) is 11.3. The van der Waals surface area contributed by atoms with Crippen LogP contribution in [0, 0.1) is 5.92 Å². The molecule has 2 heterocycles. The fourth-order valence-corrected chi connectivity index (χ4v) is 4.34. The van der Waals surface area contributed by atoms with E-state index in [1.807, 2.05) is 81.4 Å². The van der Waals surface area contributed by atoms with E-state index >= 15 is 0 Å². The van der Waals surface area contributed by atoms with Crippen molar-refractivity contribution in [3.8, 4) is 0 Å².